The molecule has 37 heavy (non-hydrogen) atoms. The first kappa shape index (κ1) is 30.6. The number of nitrogens with zero attached hydrogens (tertiary/aromatic N) is 1. The number of hydrogen-bond donors (Lipinski definition) is 9. The van der Waals surface area contributed by atoms with Gasteiger partial charge in [-0.05, 0) is 37.5 Å². The van der Waals surface area contributed by atoms with Crippen LogP contribution in [-0.4, -0.2) is 81.7 Å². The fourth-order valence-electron chi connectivity index (χ4n) is 3.07. The van der Waals surface area contributed by atoms with Gasteiger partial charge in [-0.25, -0.2) is 4.79 Å². The van der Waals surface area contributed by atoms with E-state index in [4.69, 9.17) is 22.3 Å². The number of phenolic OH excluding ortho intramolecular Hbond substituents is 1. The van der Waals surface area contributed by atoms with Crippen molar-refractivity contribution in [1.29, 1.82) is 0 Å². The molecule has 204 valence electrons. The molecule has 0 aliphatic carbocycles. The lowest BCUT2D eigenvalue weighted by Crippen LogP contribution is -2.57. The van der Waals surface area contributed by atoms with Crippen molar-refractivity contribution in [1.82, 2.24) is 16.0 Å². The number of nitrogens with two attached hydrogens (primary N) is 3. The molecule has 15 heteroatoms. The molecular formula is C22H33N7O8. The fourth-order valence-corrected chi connectivity index (χ4v) is 3.07. The number of benzene rings is 1. The van der Waals surface area contributed by atoms with Gasteiger partial charge >= 0.3 is 11.9 Å². The van der Waals surface area contributed by atoms with Crippen molar-refractivity contribution in [2.75, 3.05) is 6.54 Å². The second kappa shape index (κ2) is 14.9. The molecule has 0 saturated heterocycles. The molecule has 4 atom stereocenters. The minimum atomic E-state index is -1.43. The molecule has 0 fully saturated rings. The topological polar surface area (TPSA) is 273 Å². The third-order valence-corrected chi connectivity index (χ3v) is 5.05. The number of aliphatic imine (C=N–C) groups is 1. The number of carbonyl (C=O) groups excluding carboxylic acids is 3. The Balaban J connectivity index is 2.89. The van der Waals surface area contributed by atoms with Crippen LogP contribution in [0, 0.1) is 0 Å². The van der Waals surface area contributed by atoms with E-state index in [-0.39, 0.29) is 37.5 Å². The Morgan fingerprint density at radius 3 is 2.05 bits per heavy atom. The van der Waals surface area contributed by atoms with Gasteiger partial charge in [0.25, 0.3) is 0 Å². The van der Waals surface area contributed by atoms with Gasteiger partial charge in [-0.1, -0.05) is 12.1 Å². The first-order valence-corrected chi connectivity index (χ1v) is 11.2. The molecule has 15 nitrogen and oxygen atoms in total. The molecule has 0 radical (unpaired) electrons. The lowest BCUT2D eigenvalue weighted by atomic mass is 10.0. The maximum Gasteiger partial charge on any atom is 0.326 e. The van der Waals surface area contributed by atoms with Crippen molar-refractivity contribution in [3.05, 3.63) is 29.8 Å². The summed E-state index contributed by atoms with van der Waals surface area (Å²) in [5.41, 5.74) is 16.5. The molecule has 0 bridgehead atoms. The molecule has 0 heterocycles. The first-order valence-electron chi connectivity index (χ1n) is 11.2. The van der Waals surface area contributed by atoms with E-state index in [0.717, 1.165) is 0 Å². The predicted molar refractivity (Wildman–Crippen MR) is 131 cm³/mol. The molecule has 1 aromatic carbocycles. The normalized spacial score (nSPS) is 13.8. The average Bonchev–Trinajstić information content (AvgIpc) is 2.80. The van der Waals surface area contributed by atoms with Crippen LogP contribution in [0.15, 0.2) is 29.3 Å². The van der Waals surface area contributed by atoms with Gasteiger partial charge in [0.05, 0.1) is 12.5 Å². The summed E-state index contributed by atoms with van der Waals surface area (Å²) in [5, 5.41) is 34.8. The summed E-state index contributed by atoms with van der Waals surface area (Å²) in [7, 11) is 0. The van der Waals surface area contributed by atoms with E-state index in [0.29, 0.717) is 5.56 Å². The lowest BCUT2D eigenvalue weighted by Gasteiger charge is -2.23. The van der Waals surface area contributed by atoms with Crippen LogP contribution in [0.25, 0.3) is 0 Å². The zero-order valence-electron chi connectivity index (χ0n) is 20.2. The predicted octanol–water partition coefficient (Wildman–Crippen LogP) is -2.65. The SMILES string of the molecule is CC(NC(=O)C(Cc1ccc(O)cc1)NC(=O)C(N)CC(=O)O)C(=O)NC(CCCN=C(N)N)C(=O)O. The Hall–Kier alpha value is -4.40. The van der Waals surface area contributed by atoms with E-state index < -0.39 is 60.2 Å². The summed E-state index contributed by atoms with van der Waals surface area (Å²) in [4.78, 5) is 63.9. The molecule has 0 saturated carbocycles. The Kier molecular flexibility index (Phi) is 12.3. The Bertz CT molecular complexity index is 995. The molecule has 0 aliphatic heterocycles. The van der Waals surface area contributed by atoms with Crippen LogP contribution in [0.5, 0.6) is 5.75 Å². The summed E-state index contributed by atoms with van der Waals surface area (Å²) in [6.07, 6.45) is -0.445. The molecule has 1 aromatic rings. The van der Waals surface area contributed by atoms with Crippen molar-refractivity contribution >= 4 is 35.6 Å². The van der Waals surface area contributed by atoms with Gasteiger partial charge in [-0.15, -0.1) is 0 Å². The highest BCUT2D eigenvalue weighted by Crippen LogP contribution is 2.12. The first-order chi connectivity index (χ1) is 17.3. The summed E-state index contributed by atoms with van der Waals surface area (Å²) in [5.74, 6) is -5.25. The van der Waals surface area contributed by atoms with Gasteiger partial charge in [-0.2, -0.15) is 0 Å². The van der Waals surface area contributed by atoms with Crippen molar-refractivity contribution in [3.8, 4) is 5.75 Å². The molecular weight excluding hydrogens is 490 g/mol. The van der Waals surface area contributed by atoms with Gasteiger partial charge in [0.15, 0.2) is 5.96 Å². The average molecular weight is 524 g/mol. The smallest absolute Gasteiger partial charge is 0.326 e. The summed E-state index contributed by atoms with van der Waals surface area (Å²) in [6.45, 7) is 1.48. The molecule has 12 N–H and O–H groups in total. The Labute approximate surface area is 212 Å². The molecule has 0 aliphatic rings. The van der Waals surface area contributed by atoms with E-state index in [1.54, 1.807) is 0 Å². The standard InChI is InChI=1S/C22H33N7O8/c1-11(18(33)28-15(21(36)37)3-2-8-26-22(24)25)27-20(35)16(9-12-4-6-13(30)7-5-12)29-19(34)14(23)10-17(31)32/h4-7,11,14-16,30H,2-3,8-10,23H2,1H3,(H,27,35)(H,28,33)(H,29,34)(H,31,32)(H,36,37)(H4,24,25,26). The van der Waals surface area contributed by atoms with Crippen molar-refractivity contribution in [2.24, 2.45) is 22.2 Å². The van der Waals surface area contributed by atoms with Crippen molar-refractivity contribution < 1.29 is 39.3 Å². The van der Waals surface area contributed by atoms with Crippen LogP contribution in [0.2, 0.25) is 0 Å². The van der Waals surface area contributed by atoms with Crippen LogP contribution < -0.4 is 33.2 Å². The van der Waals surface area contributed by atoms with E-state index >= 15 is 0 Å². The number of carboxylic acid groups (broad SMARTS) is 2. The van der Waals surface area contributed by atoms with E-state index in [1.165, 1.54) is 31.2 Å². The van der Waals surface area contributed by atoms with Crippen LogP contribution in [-0.2, 0) is 30.4 Å². The summed E-state index contributed by atoms with van der Waals surface area (Å²) < 4.78 is 0. The highest BCUT2D eigenvalue weighted by Gasteiger charge is 2.29. The molecule has 4 unspecified atom stereocenters. The van der Waals surface area contributed by atoms with E-state index in [9.17, 15) is 34.2 Å². The maximum atomic E-state index is 12.9. The molecule has 1 rings (SSSR count). The van der Waals surface area contributed by atoms with E-state index in [2.05, 4.69) is 20.9 Å². The summed E-state index contributed by atoms with van der Waals surface area (Å²) in [6, 6.07) is 0.617. The number of rotatable bonds is 15. The number of carboxylic acids is 2. The van der Waals surface area contributed by atoms with Gasteiger partial charge in [-0.3, -0.25) is 24.2 Å². The molecule has 0 aromatic heterocycles. The number of phenols is 1. The van der Waals surface area contributed by atoms with Crippen LogP contribution in [0.3, 0.4) is 0 Å². The van der Waals surface area contributed by atoms with Crippen LogP contribution >= 0.6 is 0 Å². The van der Waals surface area contributed by atoms with Crippen molar-refractivity contribution in [2.45, 2.75) is 56.8 Å². The Morgan fingerprint density at radius 2 is 1.51 bits per heavy atom. The number of carbonyl (C=O) groups is 5. The number of aromatic hydroxyl groups is 1. The minimum Gasteiger partial charge on any atom is -0.508 e. The highest BCUT2D eigenvalue weighted by atomic mass is 16.4. The highest BCUT2D eigenvalue weighted by molar-refractivity contribution is 5.94. The zero-order chi connectivity index (χ0) is 28.1. The van der Waals surface area contributed by atoms with Gasteiger partial charge in [0.2, 0.25) is 17.7 Å². The molecule has 0 spiro atoms. The van der Waals surface area contributed by atoms with Crippen molar-refractivity contribution in [3.63, 3.8) is 0 Å². The number of guanidine groups is 1. The van der Waals surface area contributed by atoms with Crippen LogP contribution in [0.1, 0.15) is 31.7 Å². The molecule has 3 amide bonds. The third-order valence-electron chi connectivity index (χ3n) is 5.05. The van der Waals surface area contributed by atoms with Gasteiger partial charge in [0.1, 0.15) is 23.9 Å². The second-order valence-corrected chi connectivity index (χ2v) is 8.21. The number of nitrogens with one attached hydrogen (secondary N) is 3. The maximum absolute atomic E-state index is 12.9. The van der Waals surface area contributed by atoms with Gasteiger partial charge < -0.3 is 48.5 Å². The lowest BCUT2D eigenvalue weighted by molar-refractivity contribution is -0.142. The van der Waals surface area contributed by atoms with Gasteiger partial charge in [0, 0.05) is 13.0 Å². The number of aliphatic carboxylic acids is 2. The van der Waals surface area contributed by atoms with Crippen LogP contribution in [0.4, 0.5) is 0 Å². The third kappa shape index (κ3) is 11.7. The minimum absolute atomic E-state index is 0.0196. The second-order valence-electron chi connectivity index (χ2n) is 8.21. The summed E-state index contributed by atoms with van der Waals surface area (Å²) >= 11 is 0. The largest absolute Gasteiger partial charge is 0.508 e. The monoisotopic (exact) mass is 523 g/mol. The number of amides is 3. The quantitative estimate of drug-likeness (QED) is 0.0650. The fraction of sp³-hybridized carbons (Fsp3) is 0.455. The zero-order valence-corrected chi connectivity index (χ0v) is 20.2. The van der Waals surface area contributed by atoms with E-state index in [1.807, 2.05) is 0 Å². The Morgan fingerprint density at radius 1 is 0.919 bits per heavy atom. The number of hydrogen-bond acceptors (Lipinski definition) is 8.